The van der Waals surface area contributed by atoms with Gasteiger partial charge in [0.25, 0.3) is 0 Å². The van der Waals surface area contributed by atoms with Crippen LogP contribution in [0.1, 0.15) is 58.8 Å². The third-order valence-corrected chi connectivity index (χ3v) is 5.28. The van der Waals surface area contributed by atoms with Gasteiger partial charge < -0.3 is 41.6 Å². The van der Waals surface area contributed by atoms with Gasteiger partial charge in [0.05, 0.1) is 6.04 Å². The van der Waals surface area contributed by atoms with Crippen molar-refractivity contribution in [2.75, 3.05) is 7.11 Å². The van der Waals surface area contributed by atoms with Gasteiger partial charge in [-0.2, -0.15) is 0 Å². The van der Waals surface area contributed by atoms with E-state index in [4.69, 9.17) is 31.4 Å². The number of hydrogen-bond donors (Lipinski definition) is 5. The molecule has 0 saturated carbocycles. The number of rotatable bonds is 14. The standard InChI is InChI=1S/C21H36N4O8/c1-4-5-6-7-8-9-16(27)33-21(2,30)18(31-3)17-12(10-15(22)26)13(25-20(23)24)11-14(32-17)19(28)29/h11-13,17-18,30H,4-10H2,1-3H3,(H2,22,26)(H,28,29)(H4,23,24,25)/t12-,13-,17-,18-,21-/m1/s1. The number of guanidine groups is 1. The molecular formula is C21H36N4O8. The summed E-state index contributed by atoms with van der Waals surface area (Å²) in [7, 11) is 1.22. The number of carbonyl (C=O) groups excluding carboxylic acids is 2. The summed E-state index contributed by atoms with van der Waals surface area (Å²) in [4.78, 5) is 39.6. The first-order chi connectivity index (χ1) is 15.4. The van der Waals surface area contributed by atoms with Crippen LogP contribution in [-0.2, 0) is 28.6 Å². The Balaban J connectivity index is 3.15. The van der Waals surface area contributed by atoms with E-state index >= 15 is 0 Å². The van der Waals surface area contributed by atoms with Gasteiger partial charge in [0.1, 0.15) is 6.10 Å². The topological polar surface area (TPSA) is 210 Å². The number of carbonyl (C=O) groups is 3. The number of amides is 1. The van der Waals surface area contributed by atoms with E-state index in [1.807, 2.05) is 0 Å². The molecule has 5 atom stereocenters. The van der Waals surface area contributed by atoms with E-state index in [1.54, 1.807) is 0 Å². The molecule has 8 N–H and O–H groups in total. The van der Waals surface area contributed by atoms with Crippen LogP contribution in [0.5, 0.6) is 0 Å². The molecule has 0 spiro atoms. The maximum atomic E-state index is 12.3. The zero-order valence-corrected chi connectivity index (χ0v) is 19.4. The molecule has 0 radical (unpaired) electrons. The number of aliphatic imine (C=N–C) groups is 1. The number of nitrogens with zero attached hydrogens (tertiary/aromatic N) is 1. The third-order valence-electron chi connectivity index (χ3n) is 5.28. The minimum atomic E-state index is -2.22. The summed E-state index contributed by atoms with van der Waals surface area (Å²) in [6.45, 7) is 3.27. The smallest absolute Gasteiger partial charge is 0.370 e. The minimum Gasteiger partial charge on any atom is -0.480 e. The van der Waals surface area contributed by atoms with Crippen LogP contribution in [-0.4, -0.2) is 65.2 Å². The van der Waals surface area contributed by atoms with E-state index in [0.29, 0.717) is 6.42 Å². The highest BCUT2D eigenvalue weighted by atomic mass is 16.7. The lowest BCUT2D eigenvalue weighted by molar-refractivity contribution is -0.267. The highest BCUT2D eigenvalue weighted by molar-refractivity contribution is 5.85. The average molecular weight is 473 g/mol. The van der Waals surface area contributed by atoms with Gasteiger partial charge >= 0.3 is 11.9 Å². The van der Waals surface area contributed by atoms with Gasteiger partial charge in [-0.15, -0.1) is 0 Å². The van der Waals surface area contributed by atoms with Crippen LogP contribution in [0.15, 0.2) is 16.8 Å². The molecule has 188 valence electrons. The summed E-state index contributed by atoms with van der Waals surface area (Å²) < 4.78 is 16.2. The Hall–Kier alpha value is -2.86. The van der Waals surface area contributed by atoms with Crippen molar-refractivity contribution in [2.45, 2.75) is 82.8 Å². The lowest BCUT2D eigenvalue weighted by atomic mass is 9.83. The average Bonchev–Trinajstić information content (AvgIpc) is 2.68. The summed E-state index contributed by atoms with van der Waals surface area (Å²) in [5.41, 5.74) is 16.3. The van der Waals surface area contributed by atoms with Gasteiger partial charge in [-0.1, -0.05) is 32.6 Å². The van der Waals surface area contributed by atoms with Crippen LogP contribution >= 0.6 is 0 Å². The largest absolute Gasteiger partial charge is 0.480 e. The Kier molecular flexibility index (Phi) is 11.1. The molecule has 0 aromatic carbocycles. The second-order valence-electron chi connectivity index (χ2n) is 8.15. The number of esters is 1. The number of carboxylic acid groups (broad SMARTS) is 1. The van der Waals surface area contributed by atoms with Gasteiger partial charge in [-0.05, 0) is 12.5 Å². The molecule has 0 saturated heterocycles. The molecular weight excluding hydrogens is 436 g/mol. The molecule has 1 aliphatic heterocycles. The maximum Gasteiger partial charge on any atom is 0.370 e. The second kappa shape index (κ2) is 13.0. The van der Waals surface area contributed by atoms with Crippen LogP contribution in [0.4, 0.5) is 0 Å². The number of unbranched alkanes of at least 4 members (excludes halogenated alkanes) is 4. The Bertz CT molecular complexity index is 749. The molecule has 0 unspecified atom stereocenters. The summed E-state index contributed by atoms with van der Waals surface area (Å²) in [6, 6.07) is -1.02. The van der Waals surface area contributed by atoms with Crippen molar-refractivity contribution in [1.29, 1.82) is 0 Å². The normalized spacial score (nSPS) is 22.8. The first kappa shape index (κ1) is 28.2. The van der Waals surface area contributed by atoms with E-state index in [2.05, 4.69) is 11.9 Å². The minimum absolute atomic E-state index is 0.0867. The first-order valence-electron chi connectivity index (χ1n) is 10.9. The molecule has 0 fully saturated rings. The zero-order valence-electron chi connectivity index (χ0n) is 19.4. The van der Waals surface area contributed by atoms with Gasteiger partial charge in [0.2, 0.25) is 17.5 Å². The quantitative estimate of drug-likeness (QED) is 0.0757. The number of hydrogen-bond acceptors (Lipinski definition) is 8. The number of aliphatic carboxylic acids is 1. The van der Waals surface area contributed by atoms with E-state index in [-0.39, 0.29) is 18.8 Å². The van der Waals surface area contributed by atoms with E-state index < -0.39 is 53.6 Å². The number of primary amides is 1. The van der Waals surface area contributed by atoms with Gasteiger partial charge in [-0.25, -0.2) is 9.79 Å². The summed E-state index contributed by atoms with van der Waals surface area (Å²) in [5, 5.41) is 20.4. The zero-order chi connectivity index (χ0) is 25.2. The molecule has 0 bridgehead atoms. The molecule has 1 heterocycles. The summed E-state index contributed by atoms with van der Waals surface area (Å²) in [6.07, 6.45) is 2.77. The monoisotopic (exact) mass is 472 g/mol. The summed E-state index contributed by atoms with van der Waals surface area (Å²) in [5.74, 6) is -6.84. The van der Waals surface area contributed by atoms with Gasteiger partial charge in [0, 0.05) is 32.8 Å². The Morgan fingerprint density at radius 1 is 1.21 bits per heavy atom. The molecule has 0 aliphatic carbocycles. The fourth-order valence-corrected chi connectivity index (χ4v) is 3.80. The highest BCUT2D eigenvalue weighted by Gasteiger charge is 2.50. The molecule has 0 aromatic heterocycles. The number of nitrogens with two attached hydrogens (primary N) is 3. The Labute approximate surface area is 193 Å². The molecule has 12 heteroatoms. The van der Waals surface area contributed by atoms with E-state index in [1.165, 1.54) is 14.0 Å². The van der Waals surface area contributed by atoms with Crippen molar-refractivity contribution < 1.29 is 38.8 Å². The van der Waals surface area contributed by atoms with Crippen molar-refractivity contribution in [3.63, 3.8) is 0 Å². The Morgan fingerprint density at radius 2 is 1.85 bits per heavy atom. The van der Waals surface area contributed by atoms with Crippen molar-refractivity contribution in [2.24, 2.45) is 28.1 Å². The predicted molar refractivity (Wildman–Crippen MR) is 118 cm³/mol. The number of carboxylic acids is 1. The third kappa shape index (κ3) is 8.89. The molecule has 12 nitrogen and oxygen atoms in total. The number of ether oxygens (including phenoxy) is 3. The van der Waals surface area contributed by atoms with Crippen LogP contribution in [0, 0.1) is 5.92 Å². The maximum absolute atomic E-state index is 12.3. The fraction of sp³-hybridized carbons (Fsp3) is 0.714. The van der Waals surface area contributed by atoms with E-state index in [0.717, 1.165) is 31.8 Å². The van der Waals surface area contributed by atoms with Gasteiger partial charge in [0.15, 0.2) is 12.1 Å². The van der Waals surface area contributed by atoms with E-state index in [9.17, 15) is 24.6 Å². The van der Waals surface area contributed by atoms with Crippen LogP contribution in [0.2, 0.25) is 0 Å². The van der Waals surface area contributed by atoms with Crippen LogP contribution in [0.25, 0.3) is 0 Å². The predicted octanol–water partition coefficient (Wildman–Crippen LogP) is 0.115. The second-order valence-corrected chi connectivity index (χ2v) is 8.15. The molecule has 1 amide bonds. The van der Waals surface area contributed by atoms with Crippen molar-refractivity contribution in [3.8, 4) is 0 Å². The Morgan fingerprint density at radius 3 is 2.36 bits per heavy atom. The van der Waals surface area contributed by atoms with Crippen molar-refractivity contribution in [1.82, 2.24) is 0 Å². The fourth-order valence-electron chi connectivity index (χ4n) is 3.80. The molecule has 1 rings (SSSR count). The molecule has 1 aliphatic rings. The van der Waals surface area contributed by atoms with Crippen molar-refractivity contribution >= 4 is 23.8 Å². The van der Waals surface area contributed by atoms with Crippen LogP contribution < -0.4 is 17.2 Å². The lowest BCUT2D eigenvalue weighted by Crippen LogP contribution is -2.57. The van der Waals surface area contributed by atoms with Crippen LogP contribution in [0.3, 0.4) is 0 Å². The lowest BCUT2D eigenvalue weighted by Gasteiger charge is -2.42. The SMILES string of the molecule is CCCCCCCC(=O)O[C@@](C)(O)[C@H](OC)[C@@H]1OC(C(=O)O)=C[C@@H](N=C(N)N)[C@H]1CC(N)=O. The number of aliphatic hydroxyl groups is 1. The van der Waals surface area contributed by atoms with Gasteiger partial charge in [-0.3, -0.25) is 9.59 Å². The highest BCUT2D eigenvalue weighted by Crippen LogP contribution is 2.35. The molecule has 0 aromatic rings. The van der Waals surface area contributed by atoms with Crippen molar-refractivity contribution in [3.05, 3.63) is 11.8 Å². The number of methoxy groups -OCH3 is 1. The first-order valence-corrected chi connectivity index (χ1v) is 10.9. The summed E-state index contributed by atoms with van der Waals surface area (Å²) >= 11 is 0. The molecule has 33 heavy (non-hydrogen) atoms.